The molecule has 1 saturated heterocycles. The third-order valence-corrected chi connectivity index (χ3v) is 3.07. The van der Waals surface area contributed by atoms with Crippen molar-refractivity contribution in [3.8, 4) is 5.75 Å². The summed E-state index contributed by atoms with van der Waals surface area (Å²) in [6.45, 7) is 5.41. The van der Waals surface area contributed by atoms with Crippen LogP contribution in [-0.4, -0.2) is 37.7 Å². The summed E-state index contributed by atoms with van der Waals surface area (Å²) in [5.74, 6) is 0.916. The van der Waals surface area contributed by atoms with Crippen LogP contribution in [0.2, 0.25) is 0 Å². The van der Waals surface area contributed by atoms with Crippen LogP contribution in [0.4, 0.5) is 0 Å². The molecular weight excluding hydrogens is 242 g/mol. The van der Waals surface area contributed by atoms with E-state index in [0.29, 0.717) is 6.54 Å². The Bertz CT molecular complexity index is 389. The van der Waals surface area contributed by atoms with Gasteiger partial charge in [-0.3, -0.25) is 4.79 Å². The molecule has 1 heterocycles. The summed E-state index contributed by atoms with van der Waals surface area (Å²) >= 11 is 0. The van der Waals surface area contributed by atoms with Gasteiger partial charge in [0.25, 0.3) is 5.91 Å². The Morgan fingerprint density at radius 2 is 1.84 bits per heavy atom. The Morgan fingerprint density at radius 3 is 2.32 bits per heavy atom. The number of methoxy groups -OCH3 is 2. The summed E-state index contributed by atoms with van der Waals surface area (Å²) in [7, 11) is 3.22. The van der Waals surface area contributed by atoms with Crippen molar-refractivity contribution < 1.29 is 14.3 Å². The van der Waals surface area contributed by atoms with E-state index in [1.807, 2.05) is 43.0 Å². The predicted molar refractivity (Wildman–Crippen MR) is 75.2 cm³/mol. The molecule has 4 heteroatoms. The SMILES string of the molecule is CC.COc1ccc(CN2CCC(OC)C2=O)cc1. The van der Waals surface area contributed by atoms with E-state index in [4.69, 9.17) is 9.47 Å². The zero-order valence-corrected chi connectivity index (χ0v) is 12.2. The number of carbonyl (C=O) groups excluding carboxylic acids is 1. The monoisotopic (exact) mass is 265 g/mol. The fourth-order valence-electron chi connectivity index (χ4n) is 2.04. The minimum absolute atomic E-state index is 0.0864. The normalized spacial score (nSPS) is 18.0. The molecule has 0 spiro atoms. The topological polar surface area (TPSA) is 38.8 Å². The van der Waals surface area contributed by atoms with Crippen molar-refractivity contribution in [1.29, 1.82) is 0 Å². The summed E-state index contributed by atoms with van der Waals surface area (Å²) in [5.41, 5.74) is 1.11. The van der Waals surface area contributed by atoms with Gasteiger partial charge in [-0.15, -0.1) is 0 Å². The molecule has 0 radical (unpaired) electrons. The number of ether oxygens (including phenoxy) is 2. The van der Waals surface area contributed by atoms with E-state index < -0.39 is 0 Å². The number of rotatable bonds is 4. The van der Waals surface area contributed by atoms with Crippen molar-refractivity contribution in [1.82, 2.24) is 4.90 Å². The molecule has 0 aliphatic carbocycles. The molecule has 0 saturated carbocycles. The highest BCUT2D eigenvalue weighted by atomic mass is 16.5. The van der Waals surface area contributed by atoms with Gasteiger partial charge in [-0.2, -0.15) is 0 Å². The molecule has 1 aliphatic heterocycles. The second-order valence-electron chi connectivity index (χ2n) is 4.12. The third-order valence-electron chi connectivity index (χ3n) is 3.07. The lowest BCUT2D eigenvalue weighted by Crippen LogP contribution is -2.29. The number of benzene rings is 1. The first kappa shape index (κ1) is 15.5. The number of hydrogen-bond donors (Lipinski definition) is 0. The summed E-state index contributed by atoms with van der Waals surface area (Å²) in [6, 6.07) is 7.77. The summed E-state index contributed by atoms with van der Waals surface area (Å²) in [5, 5.41) is 0. The molecular formula is C15H23NO3. The Kier molecular flexibility index (Phi) is 6.36. The molecule has 1 aliphatic rings. The van der Waals surface area contributed by atoms with Gasteiger partial charge in [-0.05, 0) is 17.7 Å². The first-order valence-electron chi connectivity index (χ1n) is 6.69. The molecule has 1 aromatic rings. The Balaban J connectivity index is 0.000000861. The lowest BCUT2D eigenvalue weighted by Gasteiger charge is -2.16. The number of hydrogen-bond acceptors (Lipinski definition) is 3. The van der Waals surface area contributed by atoms with E-state index >= 15 is 0 Å². The van der Waals surface area contributed by atoms with Crippen molar-refractivity contribution in [2.45, 2.75) is 32.9 Å². The minimum atomic E-state index is -0.256. The summed E-state index contributed by atoms with van der Waals surface area (Å²) in [6.07, 6.45) is 0.527. The Morgan fingerprint density at radius 1 is 1.21 bits per heavy atom. The van der Waals surface area contributed by atoms with Gasteiger partial charge in [-0.25, -0.2) is 0 Å². The molecule has 1 aromatic carbocycles. The molecule has 1 fully saturated rings. The quantitative estimate of drug-likeness (QED) is 0.839. The molecule has 1 unspecified atom stereocenters. The number of nitrogens with zero attached hydrogens (tertiary/aromatic N) is 1. The van der Waals surface area contributed by atoms with Gasteiger partial charge in [-0.1, -0.05) is 26.0 Å². The van der Waals surface area contributed by atoms with Gasteiger partial charge in [0.1, 0.15) is 11.9 Å². The molecule has 2 rings (SSSR count). The number of likely N-dealkylation sites (tertiary alicyclic amines) is 1. The van der Waals surface area contributed by atoms with E-state index in [-0.39, 0.29) is 12.0 Å². The van der Waals surface area contributed by atoms with E-state index in [0.717, 1.165) is 24.3 Å². The highest BCUT2D eigenvalue weighted by Gasteiger charge is 2.31. The van der Waals surface area contributed by atoms with E-state index in [9.17, 15) is 4.79 Å². The van der Waals surface area contributed by atoms with Crippen molar-refractivity contribution >= 4 is 5.91 Å². The van der Waals surface area contributed by atoms with Crippen molar-refractivity contribution in [3.63, 3.8) is 0 Å². The number of amides is 1. The van der Waals surface area contributed by atoms with Crippen LogP contribution < -0.4 is 4.74 Å². The first-order valence-corrected chi connectivity index (χ1v) is 6.69. The second kappa shape index (κ2) is 7.79. The molecule has 1 atom stereocenters. The highest BCUT2D eigenvalue weighted by molar-refractivity contribution is 5.82. The van der Waals surface area contributed by atoms with Crippen LogP contribution in [0.15, 0.2) is 24.3 Å². The summed E-state index contributed by atoms with van der Waals surface area (Å²) in [4.78, 5) is 13.7. The van der Waals surface area contributed by atoms with Gasteiger partial charge in [0.2, 0.25) is 0 Å². The molecule has 1 amide bonds. The van der Waals surface area contributed by atoms with Crippen LogP contribution in [0.5, 0.6) is 5.75 Å². The lowest BCUT2D eigenvalue weighted by molar-refractivity contribution is -0.136. The molecule has 0 bridgehead atoms. The van der Waals surface area contributed by atoms with Gasteiger partial charge in [0.05, 0.1) is 7.11 Å². The number of carbonyl (C=O) groups is 1. The average Bonchev–Trinajstić information content (AvgIpc) is 2.82. The lowest BCUT2D eigenvalue weighted by atomic mass is 10.2. The Hall–Kier alpha value is -1.55. The fourth-order valence-corrected chi connectivity index (χ4v) is 2.04. The van der Waals surface area contributed by atoms with Gasteiger partial charge in [0, 0.05) is 26.6 Å². The minimum Gasteiger partial charge on any atom is -0.497 e. The highest BCUT2D eigenvalue weighted by Crippen LogP contribution is 2.18. The predicted octanol–water partition coefficient (Wildman–Crippen LogP) is 2.47. The van der Waals surface area contributed by atoms with Gasteiger partial charge >= 0.3 is 0 Å². The smallest absolute Gasteiger partial charge is 0.252 e. The van der Waals surface area contributed by atoms with E-state index in [2.05, 4.69) is 0 Å². The first-order chi connectivity index (χ1) is 9.24. The van der Waals surface area contributed by atoms with E-state index in [1.165, 1.54) is 0 Å². The van der Waals surface area contributed by atoms with Crippen LogP contribution >= 0.6 is 0 Å². The van der Waals surface area contributed by atoms with Gasteiger partial charge in [0.15, 0.2) is 0 Å². The van der Waals surface area contributed by atoms with Crippen LogP contribution in [0.25, 0.3) is 0 Å². The molecule has 4 nitrogen and oxygen atoms in total. The summed E-state index contributed by atoms with van der Waals surface area (Å²) < 4.78 is 10.2. The average molecular weight is 265 g/mol. The van der Waals surface area contributed by atoms with Crippen LogP contribution in [0.1, 0.15) is 25.8 Å². The molecule has 19 heavy (non-hydrogen) atoms. The fraction of sp³-hybridized carbons (Fsp3) is 0.533. The Labute approximate surface area is 115 Å². The van der Waals surface area contributed by atoms with Crippen LogP contribution in [0, 0.1) is 0 Å². The maximum absolute atomic E-state index is 11.8. The maximum Gasteiger partial charge on any atom is 0.252 e. The maximum atomic E-state index is 11.8. The largest absolute Gasteiger partial charge is 0.497 e. The standard InChI is InChI=1S/C13H17NO3.C2H6/c1-16-11-5-3-10(4-6-11)9-14-8-7-12(17-2)13(14)15;1-2/h3-6,12H,7-9H2,1-2H3;1-2H3. The second-order valence-corrected chi connectivity index (χ2v) is 4.12. The van der Waals surface area contributed by atoms with Crippen molar-refractivity contribution in [2.75, 3.05) is 20.8 Å². The van der Waals surface area contributed by atoms with Crippen LogP contribution in [0.3, 0.4) is 0 Å². The zero-order chi connectivity index (χ0) is 14.3. The van der Waals surface area contributed by atoms with Crippen molar-refractivity contribution in [3.05, 3.63) is 29.8 Å². The van der Waals surface area contributed by atoms with Crippen LogP contribution in [-0.2, 0) is 16.1 Å². The zero-order valence-electron chi connectivity index (χ0n) is 12.2. The molecule has 106 valence electrons. The molecule has 0 N–H and O–H groups in total. The third kappa shape index (κ3) is 3.96. The van der Waals surface area contributed by atoms with Gasteiger partial charge < -0.3 is 14.4 Å². The molecule has 0 aromatic heterocycles. The van der Waals surface area contributed by atoms with E-state index in [1.54, 1.807) is 14.2 Å². The van der Waals surface area contributed by atoms with Crippen molar-refractivity contribution in [2.24, 2.45) is 0 Å².